The van der Waals surface area contributed by atoms with Gasteiger partial charge in [-0.25, -0.2) is 0 Å². The van der Waals surface area contributed by atoms with Gasteiger partial charge in [0.1, 0.15) is 5.54 Å². The monoisotopic (exact) mass is 377 g/mol. The second-order valence-electron chi connectivity index (χ2n) is 7.58. The first kappa shape index (κ1) is 26.9. The average molecular weight is 378 g/mol. The summed E-state index contributed by atoms with van der Waals surface area (Å²) >= 11 is 0. The van der Waals surface area contributed by atoms with Gasteiger partial charge >= 0.3 is 5.97 Å². The number of ether oxygens (including phenoxy) is 1. The Morgan fingerprint density at radius 2 is 1.20 bits per heavy atom. The number of esters is 1. The van der Waals surface area contributed by atoms with Crippen molar-refractivity contribution in [3.05, 3.63) is 0 Å². The van der Waals surface area contributed by atoms with Crippen LogP contribution in [0.4, 0.5) is 0 Å². The third kappa shape index (κ3) is 16.9. The summed E-state index contributed by atoms with van der Waals surface area (Å²) in [6.45, 7) is 9.57. The first-order valence-corrected chi connectivity index (χ1v) is 10.5. The van der Waals surface area contributed by atoms with Gasteiger partial charge in [0.05, 0.1) is 6.61 Å². The Balaban J connectivity index is 0. The van der Waals surface area contributed by atoms with Gasteiger partial charge in [-0.15, -0.1) is 12.4 Å². The molecule has 0 amide bonds. The molecule has 0 heterocycles. The molecular weight excluding hydrogens is 334 g/mol. The van der Waals surface area contributed by atoms with E-state index < -0.39 is 5.54 Å². The van der Waals surface area contributed by atoms with Crippen LogP contribution in [0.5, 0.6) is 0 Å². The largest absolute Gasteiger partial charge is 0.464 e. The molecule has 0 spiro atoms. The van der Waals surface area contributed by atoms with Gasteiger partial charge in [0.15, 0.2) is 0 Å². The average Bonchev–Trinajstić information content (AvgIpc) is 2.57. The molecule has 0 aliphatic carbocycles. The Bertz CT molecular complexity index is 296. The van der Waals surface area contributed by atoms with E-state index in [4.69, 9.17) is 4.74 Å². The number of carbonyl (C=O) groups is 1. The first-order chi connectivity index (χ1) is 11.5. The number of rotatable bonds is 17. The smallest absolute Gasteiger partial charge is 0.325 e. The molecule has 1 N–H and O–H groups in total. The molecule has 0 aromatic heterocycles. The van der Waals surface area contributed by atoms with Gasteiger partial charge in [0.25, 0.3) is 0 Å². The van der Waals surface area contributed by atoms with Crippen LogP contribution < -0.4 is 5.32 Å². The summed E-state index contributed by atoms with van der Waals surface area (Å²) in [6.07, 6.45) is 16.9. The van der Waals surface area contributed by atoms with E-state index in [0.717, 1.165) is 19.4 Å². The third-order valence-electron chi connectivity index (χ3n) is 4.56. The van der Waals surface area contributed by atoms with Crippen LogP contribution in [0.25, 0.3) is 0 Å². The summed E-state index contributed by atoms with van der Waals surface area (Å²) in [7, 11) is 0. The van der Waals surface area contributed by atoms with Crippen molar-refractivity contribution in [2.45, 2.75) is 117 Å². The summed E-state index contributed by atoms with van der Waals surface area (Å²) < 4.78 is 5.39. The fraction of sp³-hybridized carbons (Fsp3) is 0.952. The molecule has 0 saturated heterocycles. The molecule has 0 aromatic carbocycles. The van der Waals surface area contributed by atoms with Gasteiger partial charge in [-0.3, -0.25) is 4.79 Å². The Morgan fingerprint density at radius 3 is 1.64 bits per heavy atom. The van der Waals surface area contributed by atoms with Gasteiger partial charge in [0.2, 0.25) is 0 Å². The van der Waals surface area contributed by atoms with Crippen LogP contribution in [0, 0.1) is 0 Å². The molecule has 0 unspecified atom stereocenters. The minimum absolute atomic E-state index is 0. The molecule has 0 bridgehead atoms. The van der Waals surface area contributed by atoms with E-state index in [0.29, 0.717) is 6.61 Å². The van der Waals surface area contributed by atoms with Crippen molar-refractivity contribution in [3.8, 4) is 0 Å². The van der Waals surface area contributed by atoms with Crippen LogP contribution >= 0.6 is 12.4 Å². The summed E-state index contributed by atoms with van der Waals surface area (Å²) in [4.78, 5) is 12.0. The molecule has 0 aliphatic heterocycles. The van der Waals surface area contributed by atoms with Gasteiger partial charge < -0.3 is 10.1 Å². The number of nitrogens with one attached hydrogen (secondary N) is 1. The van der Waals surface area contributed by atoms with Crippen LogP contribution in [0.3, 0.4) is 0 Å². The van der Waals surface area contributed by atoms with Gasteiger partial charge in [0, 0.05) is 0 Å². The zero-order chi connectivity index (χ0) is 18.1. The Kier molecular flexibility index (Phi) is 19.9. The molecule has 0 fully saturated rings. The molecule has 0 saturated carbocycles. The molecule has 0 radical (unpaired) electrons. The molecule has 0 aromatic rings. The molecule has 25 heavy (non-hydrogen) atoms. The number of unbranched alkanes of at least 4 members (excludes halogenated alkanes) is 11. The van der Waals surface area contributed by atoms with Crippen molar-refractivity contribution in [3.63, 3.8) is 0 Å². The lowest BCUT2D eigenvalue weighted by Crippen LogP contribution is -2.48. The predicted molar refractivity (Wildman–Crippen MR) is 112 cm³/mol. The standard InChI is InChI=1S/C21H43NO2.ClH/c1-5-7-8-9-10-11-12-13-14-15-16-17-19-24-20(23)21(3,4)22-18-6-2;/h22H,5-19H2,1-4H3;1H. The minimum atomic E-state index is -0.562. The molecule has 4 heteroatoms. The Labute approximate surface area is 163 Å². The second kappa shape index (κ2) is 18.5. The van der Waals surface area contributed by atoms with E-state index in [1.54, 1.807) is 0 Å². The van der Waals surface area contributed by atoms with Crippen molar-refractivity contribution < 1.29 is 9.53 Å². The van der Waals surface area contributed by atoms with E-state index in [9.17, 15) is 4.79 Å². The highest BCUT2D eigenvalue weighted by Gasteiger charge is 2.27. The molecule has 152 valence electrons. The van der Waals surface area contributed by atoms with E-state index in [1.807, 2.05) is 13.8 Å². The van der Waals surface area contributed by atoms with Crippen molar-refractivity contribution >= 4 is 18.4 Å². The lowest BCUT2D eigenvalue weighted by molar-refractivity contribution is -0.150. The van der Waals surface area contributed by atoms with Crippen molar-refractivity contribution in [1.82, 2.24) is 5.32 Å². The number of hydrogen-bond donors (Lipinski definition) is 1. The van der Waals surface area contributed by atoms with Gasteiger partial charge in [-0.2, -0.15) is 0 Å². The maximum Gasteiger partial charge on any atom is 0.325 e. The van der Waals surface area contributed by atoms with Gasteiger partial charge in [-0.1, -0.05) is 84.5 Å². The fourth-order valence-corrected chi connectivity index (χ4v) is 2.80. The van der Waals surface area contributed by atoms with Gasteiger partial charge in [-0.05, 0) is 33.2 Å². The third-order valence-corrected chi connectivity index (χ3v) is 4.56. The minimum Gasteiger partial charge on any atom is -0.464 e. The SMILES string of the molecule is CCCCCCCCCCCCCCOC(=O)C(C)(C)NCCC.Cl. The second-order valence-corrected chi connectivity index (χ2v) is 7.58. The van der Waals surface area contributed by atoms with Crippen molar-refractivity contribution in [1.29, 1.82) is 0 Å². The van der Waals surface area contributed by atoms with Crippen LogP contribution in [0.2, 0.25) is 0 Å². The van der Waals surface area contributed by atoms with Crippen molar-refractivity contribution in [2.24, 2.45) is 0 Å². The zero-order valence-electron chi connectivity index (χ0n) is 17.3. The molecule has 0 aliphatic rings. The van der Waals surface area contributed by atoms with E-state index in [-0.39, 0.29) is 18.4 Å². The Morgan fingerprint density at radius 1 is 0.760 bits per heavy atom. The highest BCUT2D eigenvalue weighted by atomic mass is 35.5. The van der Waals surface area contributed by atoms with Crippen LogP contribution in [0.15, 0.2) is 0 Å². The van der Waals surface area contributed by atoms with Crippen LogP contribution in [-0.2, 0) is 9.53 Å². The first-order valence-electron chi connectivity index (χ1n) is 10.5. The molecule has 0 atom stereocenters. The molecule has 0 rings (SSSR count). The topological polar surface area (TPSA) is 38.3 Å². The summed E-state index contributed by atoms with van der Waals surface area (Å²) in [5.74, 6) is -0.126. The normalized spacial score (nSPS) is 11.2. The van der Waals surface area contributed by atoms with Crippen LogP contribution in [0.1, 0.15) is 111 Å². The quantitative estimate of drug-likeness (QED) is 0.234. The summed E-state index contributed by atoms with van der Waals surface area (Å²) in [6, 6.07) is 0. The number of carbonyl (C=O) groups excluding carboxylic acids is 1. The summed E-state index contributed by atoms with van der Waals surface area (Å²) in [5, 5.41) is 3.23. The lowest BCUT2D eigenvalue weighted by atomic mass is 10.1. The number of hydrogen-bond acceptors (Lipinski definition) is 3. The maximum absolute atomic E-state index is 12.0. The zero-order valence-corrected chi connectivity index (χ0v) is 18.1. The maximum atomic E-state index is 12.0. The van der Waals surface area contributed by atoms with Crippen LogP contribution in [-0.4, -0.2) is 24.7 Å². The van der Waals surface area contributed by atoms with E-state index in [2.05, 4.69) is 19.2 Å². The fourth-order valence-electron chi connectivity index (χ4n) is 2.80. The highest BCUT2D eigenvalue weighted by Crippen LogP contribution is 2.12. The highest BCUT2D eigenvalue weighted by molar-refractivity contribution is 5.85. The summed E-state index contributed by atoms with van der Waals surface area (Å²) in [5.41, 5.74) is -0.562. The van der Waals surface area contributed by atoms with Crippen molar-refractivity contribution in [2.75, 3.05) is 13.2 Å². The predicted octanol–water partition coefficient (Wildman–Crippen LogP) is 6.43. The molecule has 3 nitrogen and oxygen atoms in total. The van der Waals surface area contributed by atoms with E-state index in [1.165, 1.54) is 70.6 Å². The lowest BCUT2D eigenvalue weighted by Gasteiger charge is -2.23. The molecular formula is C21H44ClNO2. The van der Waals surface area contributed by atoms with E-state index >= 15 is 0 Å². The number of halogens is 1. The Hall–Kier alpha value is -0.280.